The van der Waals surface area contributed by atoms with Gasteiger partial charge in [-0.25, -0.2) is 4.98 Å². The molecule has 0 aliphatic rings. The van der Waals surface area contributed by atoms with Gasteiger partial charge in [-0.2, -0.15) is 5.26 Å². The molecule has 0 saturated carbocycles. The fraction of sp³-hybridized carbons (Fsp3) is 0.182. The summed E-state index contributed by atoms with van der Waals surface area (Å²) in [5.41, 5.74) is 10.1. The Morgan fingerprint density at radius 3 is 2.03 bits per heavy atom. The molecule has 0 aliphatic carbocycles. The summed E-state index contributed by atoms with van der Waals surface area (Å²) in [5.74, 6) is 1.57. The highest BCUT2D eigenvalue weighted by Crippen LogP contribution is 2.44. The number of rotatable bonds is 5. The van der Waals surface area contributed by atoms with Crippen molar-refractivity contribution in [2.24, 2.45) is 0 Å². The van der Waals surface area contributed by atoms with Gasteiger partial charge in [-0.1, -0.05) is 23.7 Å². The lowest BCUT2D eigenvalue weighted by atomic mass is 9.92. The van der Waals surface area contributed by atoms with Crippen molar-refractivity contribution in [1.82, 2.24) is 4.98 Å². The van der Waals surface area contributed by atoms with E-state index in [2.05, 4.69) is 11.1 Å². The summed E-state index contributed by atoms with van der Waals surface area (Å²) in [6.45, 7) is 1.90. The Labute approximate surface area is 174 Å². The van der Waals surface area contributed by atoms with Crippen LogP contribution in [-0.2, 0) is 0 Å². The van der Waals surface area contributed by atoms with Gasteiger partial charge in [0.15, 0.2) is 11.5 Å². The molecule has 1 aromatic heterocycles. The highest BCUT2D eigenvalue weighted by molar-refractivity contribution is 6.30. The number of nitrogen functional groups attached to an aromatic ring is 1. The minimum Gasteiger partial charge on any atom is -0.493 e. The number of nitrogens with zero attached hydrogens (tertiary/aromatic N) is 2. The van der Waals surface area contributed by atoms with Crippen molar-refractivity contribution in [3.8, 4) is 45.7 Å². The molecule has 0 unspecified atom stereocenters. The van der Waals surface area contributed by atoms with Crippen LogP contribution in [0.1, 0.15) is 11.1 Å². The number of methoxy groups -OCH3 is 3. The summed E-state index contributed by atoms with van der Waals surface area (Å²) < 4.78 is 16.3. The molecule has 2 N–H and O–H groups in total. The van der Waals surface area contributed by atoms with Crippen LogP contribution < -0.4 is 19.9 Å². The molecular weight excluding hydrogens is 390 g/mol. The van der Waals surface area contributed by atoms with Gasteiger partial charge in [0, 0.05) is 16.1 Å². The third kappa shape index (κ3) is 3.65. The molecule has 1 heterocycles. The third-order valence-corrected chi connectivity index (χ3v) is 4.90. The number of hydrogen-bond acceptors (Lipinski definition) is 6. The monoisotopic (exact) mass is 409 g/mol. The van der Waals surface area contributed by atoms with Crippen LogP contribution in [0.15, 0.2) is 36.4 Å². The first-order valence-electron chi connectivity index (χ1n) is 8.71. The van der Waals surface area contributed by atoms with E-state index in [1.54, 1.807) is 38.5 Å². The number of anilines is 1. The fourth-order valence-electron chi connectivity index (χ4n) is 3.28. The average molecular weight is 410 g/mol. The van der Waals surface area contributed by atoms with Gasteiger partial charge in [0.1, 0.15) is 17.5 Å². The number of nitriles is 1. The Morgan fingerprint density at radius 1 is 0.966 bits per heavy atom. The van der Waals surface area contributed by atoms with Crippen LogP contribution >= 0.6 is 11.6 Å². The summed E-state index contributed by atoms with van der Waals surface area (Å²) in [6.07, 6.45) is 0. The molecule has 3 rings (SSSR count). The predicted molar refractivity (Wildman–Crippen MR) is 114 cm³/mol. The first-order chi connectivity index (χ1) is 13.9. The van der Waals surface area contributed by atoms with Crippen molar-refractivity contribution in [1.29, 1.82) is 5.26 Å². The number of halogens is 1. The van der Waals surface area contributed by atoms with E-state index in [0.29, 0.717) is 39.1 Å². The van der Waals surface area contributed by atoms with Crippen molar-refractivity contribution < 1.29 is 14.2 Å². The van der Waals surface area contributed by atoms with E-state index in [-0.39, 0.29) is 11.4 Å². The normalized spacial score (nSPS) is 10.3. The second kappa shape index (κ2) is 8.29. The van der Waals surface area contributed by atoms with Crippen molar-refractivity contribution >= 4 is 17.4 Å². The van der Waals surface area contributed by atoms with Crippen LogP contribution in [0.2, 0.25) is 5.02 Å². The zero-order valence-corrected chi connectivity index (χ0v) is 17.3. The molecule has 2 aromatic carbocycles. The highest BCUT2D eigenvalue weighted by Gasteiger charge is 2.22. The van der Waals surface area contributed by atoms with Crippen LogP contribution in [0.5, 0.6) is 17.2 Å². The molecule has 6 nitrogen and oxygen atoms in total. The molecule has 148 valence electrons. The smallest absolute Gasteiger partial charge is 0.203 e. The minimum absolute atomic E-state index is 0.145. The molecule has 0 amide bonds. The number of nitrogens with two attached hydrogens (primary N) is 1. The van der Waals surface area contributed by atoms with Gasteiger partial charge in [0.25, 0.3) is 0 Å². The Morgan fingerprint density at radius 2 is 1.55 bits per heavy atom. The predicted octanol–water partition coefficient (Wildman–Crippen LogP) is 4.86. The van der Waals surface area contributed by atoms with Gasteiger partial charge < -0.3 is 19.9 Å². The average Bonchev–Trinajstić information content (AvgIpc) is 2.74. The molecule has 7 heteroatoms. The number of hydrogen-bond donors (Lipinski definition) is 1. The van der Waals surface area contributed by atoms with Crippen LogP contribution in [0.4, 0.5) is 5.82 Å². The van der Waals surface area contributed by atoms with Crippen LogP contribution in [0.3, 0.4) is 0 Å². The molecule has 0 radical (unpaired) electrons. The number of pyridine rings is 1. The lowest BCUT2D eigenvalue weighted by Gasteiger charge is -2.18. The Hall–Kier alpha value is -3.43. The summed E-state index contributed by atoms with van der Waals surface area (Å²) in [4.78, 5) is 4.47. The van der Waals surface area contributed by atoms with E-state index >= 15 is 0 Å². The number of benzene rings is 2. The first-order valence-corrected chi connectivity index (χ1v) is 9.09. The quantitative estimate of drug-likeness (QED) is 0.647. The Kier molecular flexibility index (Phi) is 5.81. The summed E-state index contributed by atoms with van der Waals surface area (Å²) in [6, 6.07) is 13.0. The van der Waals surface area contributed by atoms with Crippen LogP contribution in [0.25, 0.3) is 22.4 Å². The molecule has 0 spiro atoms. The van der Waals surface area contributed by atoms with Crippen molar-refractivity contribution in [2.45, 2.75) is 6.92 Å². The maximum atomic E-state index is 9.76. The highest BCUT2D eigenvalue weighted by atomic mass is 35.5. The summed E-state index contributed by atoms with van der Waals surface area (Å²) in [5, 5.41) is 10.4. The van der Waals surface area contributed by atoms with E-state index in [1.165, 1.54) is 7.11 Å². The fourth-order valence-corrected chi connectivity index (χ4v) is 3.41. The largest absolute Gasteiger partial charge is 0.493 e. The summed E-state index contributed by atoms with van der Waals surface area (Å²) >= 11 is 6.01. The standard InChI is InChI=1S/C22H20ClN3O3/c1-12-19(14-9-17(27-2)21(29-4)18(10-14)28-3)16(11-24)22(25)26-20(12)13-5-7-15(23)8-6-13/h5-10H,1-4H3,(H2,25,26). The van der Waals surface area contributed by atoms with E-state index in [4.69, 9.17) is 31.5 Å². The molecule has 3 aromatic rings. The van der Waals surface area contributed by atoms with Gasteiger partial charge in [0.2, 0.25) is 5.75 Å². The molecular formula is C22H20ClN3O3. The van der Waals surface area contributed by atoms with Gasteiger partial charge in [-0.15, -0.1) is 0 Å². The lowest BCUT2D eigenvalue weighted by molar-refractivity contribution is 0.324. The van der Waals surface area contributed by atoms with E-state index in [1.807, 2.05) is 19.1 Å². The van der Waals surface area contributed by atoms with Gasteiger partial charge >= 0.3 is 0 Å². The molecule has 0 saturated heterocycles. The minimum atomic E-state index is 0.145. The second-order valence-electron chi connectivity index (χ2n) is 6.25. The van der Waals surface area contributed by atoms with Crippen LogP contribution in [-0.4, -0.2) is 26.3 Å². The third-order valence-electron chi connectivity index (χ3n) is 4.65. The first kappa shape index (κ1) is 20.3. The van der Waals surface area contributed by atoms with Gasteiger partial charge in [-0.3, -0.25) is 0 Å². The molecule has 0 aliphatic heterocycles. The van der Waals surface area contributed by atoms with Gasteiger partial charge in [0.05, 0.1) is 27.0 Å². The number of ether oxygens (including phenoxy) is 3. The zero-order chi connectivity index (χ0) is 21.1. The van der Waals surface area contributed by atoms with Crippen molar-refractivity contribution in [3.05, 3.63) is 52.5 Å². The topological polar surface area (TPSA) is 90.4 Å². The van der Waals surface area contributed by atoms with Gasteiger partial charge in [-0.05, 0) is 42.3 Å². The van der Waals surface area contributed by atoms with Crippen molar-refractivity contribution in [3.63, 3.8) is 0 Å². The molecule has 29 heavy (non-hydrogen) atoms. The Balaban J connectivity index is 2.35. The molecule has 0 atom stereocenters. The lowest BCUT2D eigenvalue weighted by Crippen LogP contribution is -2.04. The van der Waals surface area contributed by atoms with E-state index < -0.39 is 0 Å². The summed E-state index contributed by atoms with van der Waals surface area (Å²) in [7, 11) is 4.62. The SMILES string of the molecule is COc1cc(-c2c(C)c(-c3ccc(Cl)cc3)nc(N)c2C#N)cc(OC)c1OC. The zero-order valence-electron chi connectivity index (χ0n) is 16.5. The maximum Gasteiger partial charge on any atom is 0.203 e. The van der Waals surface area contributed by atoms with Crippen molar-refractivity contribution in [2.75, 3.05) is 27.1 Å². The van der Waals surface area contributed by atoms with Crippen LogP contribution in [0, 0.1) is 18.3 Å². The maximum absolute atomic E-state index is 9.76. The van der Waals surface area contributed by atoms with E-state index in [0.717, 1.165) is 11.1 Å². The molecule has 0 bridgehead atoms. The van der Waals surface area contributed by atoms with E-state index in [9.17, 15) is 5.26 Å². The number of aromatic nitrogens is 1. The Bertz CT molecular complexity index is 1080. The molecule has 0 fully saturated rings. The second-order valence-corrected chi connectivity index (χ2v) is 6.69.